The van der Waals surface area contributed by atoms with E-state index in [-0.39, 0.29) is 18.0 Å². The van der Waals surface area contributed by atoms with Gasteiger partial charge in [-0.05, 0) is 36.2 Å². The molecule has 2 saturated heterocycles. The molecule has 0 radical (unpaired) electrons. The first-order valence-electron chi connectivity index (χ1n) is 9.58. The van der Waals surface area contributed by atoms with E-state index in [1.165, 1.54) is 0 Å². The highest BCUT2D eigenvalue weighted by Crippen LogP contribution is 2.26. The number of methoxy groups -OCH3 is 1. The number of amides is 1. The molecule has 0 aromatic heterocycles. The molecule has 28 heavy (non-hydrogen) atoms. The van der Waals surface area contributed by atoms with Crippen molar-refractivity contribution in [3.63, 3.8) is 0 Å². The number of nitrogens with one attached hydrogen (secondary N) is 2. The Hall–Kier alpha value is -2.28. The molecule has 148 valence electrons. The number of ether oxygens (including phenoxy) is 1. The first-order chi connectivity index (χ1) is 13.6. The second-order valence-electron chi connectivity index (χ2n) is 7.19. The topological polar surface area (TPSA) is 56.8 Å². The van der Waals surface area contributed by atoms with Crippen LogP contribution in [0.4, 0.5) is 5.69 Å². The maximum absolute atomic E-state index is 12.9. The van der Waals surface area contributed by atoms with Gasteiger partial charge in [0.1, 0.15) is 11.8 Å². The highest BCUT2D eigenvalue weighted by atomic mass is 35.5. The minimum absolute atomic E-state index is 0.115. The molecule has 2 atom stereocenters. The van der Waals surface area contributed by atoms with Gasteiger partial charge in [0.15, 0.2) is 0 Å². The number of hydrogen-bond donors (Lipinski definition) is 2. The zero-order valence-electron chi connectivity index (χ0n) is 15.9. The summed E-state index contributed by atoms with van der Waals surface area (Å²) in [6.45, 7) is 3.08. The van der Waals surface area contributed by atoms with Crippen molar-refractivity contribution in [1.29, 1.82) is 0 Å². The van der Waals surface area contributed by atoms with Crippen LogP contribution in [0.3, 0.4) is 0 Å². The molecule has 0 spiro atoms. The highest BCUT2D eigenvalue weighted by Gasteiger charge is 2.34. The van der Waals surface area contributed by atoms with E-state index in [1.807, 2.05) is 47.4 Å². The van der Waals surface area contributed by atoms with Crippen molar-refractivity contribution >= 4 is 23.2 Å². The number of hydrazine groups is 1. The molecule has 2 aliphatic heterocycles. The quantitative estimate of drug-likeness (QED) is 0.826. The van der Waals surface area contributed by atoms with Crippen LogP contribution in [0.15, 0.2) is 48.5 Å². The van der Waals surface area contributed by atoms with Crippen LogP contribution in [0.5, 0.6) is 5.75 Å². The lowest BCUT2D eigenvalue weighted by molar-refractivity contribution is -0.133. The summed E-state index contributed by atoms with van der Waals surface area (Å²) < 4.78 is 5.31. The molecule has 7 heteroatoms. The smallest absolute Gasteiger partial charge is 0.241 e. The van der Waals surface area contributed by atoms with Crippen LogP contribution in [-0.4, -0.2) is 50.1 Å². The molecule has 2 unspecified atom stereocenters. The van der Waals surface area contributed by atoms with Gasteiger partial charge in [-0.15, -0.1) is 0 Å². The fourth-order valence-corrected chi connectivity index (χ4v) is 3.97. The molecule has 2 fully saturated rings. The van der Waals surface area contributed by atoms with Gasteiger partial charge in [0, 0.05) is 49.0 Å². The van der Waals surface area contributed by atoms with E-state index >= 15 is 0 Å². The van der Waals surface area contributed by atoms with E-state index in [4.69, 9.17) is 16.3 Å². The predicted octanol–water partition coefficient (Wildman–Crippen LogP) is 2.61. The van der Waals surface area contributed by atoms with E-state index in [1.54, 1.807) is 7.11 Å². The first kappa shape index (κ1) is 19.1. The van der Waals surface area contributed by atoms with Crippen LogP contribution in [0.25, 0.3) is 0 Å². The molecule has 4 rings (SSSR count). The van der Waals surface area contributed by atoms with Crippen LogP contribution >= 0.6 is 11.6 Å². The number of piperazine rings is 1. The summed E-state index contributed by atoms with van der Waals surface area (Å²) >= 11 is 5.96. The first-order valence-corrected chi connectivity index (χ1v) is 9.96. The second-order valence-corrected chi connectivity index (χ2v) is 7.63. The second kappa shape index (κ2) is 8.39. The van der Waals surface area contributed by atoms with E-state index in [0.29, 0.717) is 0 Å². The molecule has 2 aliphatic rings. The Bertz CT molecular complexity index is 821. The number of rotatable bonds is 4. The number of anilines is 1. The number of nitrogens with zero attached hydrogens (tertiary/aromatic N) is 2. The maximum Gasteiger partial charge on any atom is 0.241 e. The fraction of sp³-hybridized carbons (Fsp3) is 0.381. The van der Waals surface area contributed by atoms with E-state index < -0.39 is 0 Å². The monoisotopic (exact) mass is 400 g/mol. The van der Waals surface area contributed by atoms with Crippen molar-refractivity contribution in [2.75, 3.05) is 38.2 Å². The summed E-state index contributed by atoms with van der Waals surface area (Å²) in [5, 5.41) is 0.719. The number of benzene rings is 2. The molecule has 0 saturated carbocycles. The van der Waals surface area contributed by atoms with Gasteiger partial charge in [0.25, 0.3) is 0 Å². The van der Waals surface area contributed by atoms with Gasteiger partial charge in [-0.25, -0.2) is 10.9 Å². The lowest BCUT2D eigenvalue weighted by Crippen LogP contribution is -2.53. The third-order valence-corrected chi connectivity index (χ3v) is 5.74. The maximum atomic E-state index is 12.9. The molecule has 1 amide bonds. The lowest BCUT2D eigenvalue weighted by Gasteiger charge is -2.37. The zero-order valence-corrected chi connectivity index (χ0v) is 16.7. The van der Waals surface area contributed by atoms with Crippen molar-refractivity contribution in [3.05, 3.63) is 59.1 Å². The zero-order chi connectivity index (χ0) is 19.5. The number of carbonyl (C=O) groups is 1. The van der Waals surface area contributed by atoms with Crippen LogP contribution in [0, 0.1) is 0 Å². The van der Waals surface area contributed by atoms with Crippen LogP contribution < -0.4 is 20.5 Å². The van der Waals surface area contributed by atoms with Crippen molar-refractivity contribution in [3.8, 4) is 5.75 Å². The minimum Gasteiger partial charge on any atom is -0.497 e. The third kappa shape index (κ3) is 4.09. The largest absolute Gasteiger partial charge is 0.497 e. The van der Waals surface area contributed by atoms with Crippen molar-refractivity contribution in [1.82, 2.24) is 15.8 Å². The van der Waals surface area contributed by atoms with Gasteiger partial charge in [-0.3, -0.25) is 4.79 Å². The molecular weight excluding hydrogens is 376 g/mol. The van der Waals surface area contributed by atoms with Crippen molar-refractivity contribution < 1.29 is 9.53 Å². The minimum atomic E-state index is -0.205. The molecule has 2 N–H and O–H groups in total. The Morgan fingerprint density at radius 1 is 1.07 bits per heavy atom. The molecule has 0 bridgehead atoms. The standard InChI is InChI=1S/C21H25ClN4O2/c1-28-18-4-2-3-17(13-18)25-9-11-26(12-10-25)21(27)20-14-19(23-24-20)15-5-7-16(22)8-6-15/h2-8,13,19-20,23-24H,9-12,14H2,1H3. The molecular formula is C21H25ClN4O2. The summed E-state index contributed by atoms with van der Waals surface area (Å²) in [7, 11) is 1.68. The highest BCUT2D eigenvalue weighted by molar-refractivity contribution is 6.30. The van der Waals surface area contributed by atoms with Gasteiger partial charge < -0.3 is 14.5 Å². The Labute approximate surface area is 170 Å². The Morgan fingerprint density at radius 2 is 1.82 bits per heavy atom. The number of carbonyl (C=O) groups excluding carboxylic acids is 1. The fourth-order valence-electron chi connectivity index (χ4n) is 3.84. The molecule has 2 heterocycles. The summed E-state index contributed by atoms with van der Waals surface area (Å²) in [6, 6.07) is 15.7. The summed E-state index contributed by atoms with van der Waals surface area (Å²) in [5.41, 5.74) is 8.68. The van der Waals surface area contributed by atoms with E-state index in [9.17, 15) is 4.79 Å². The normalized spacial score (nSPS) is 22.4. The lowest BCUT2D eigenvalue weighted by atomic mass is 10.0. The summed E-state index contributed by atoms with van der Waals surface area (Å²) in [5.74, 6) is 1.01. The average Bonchev–Trinajstić information content (AvgIpc) is 3.24. The molecule has 2 aromatic rings. The van der Waals surface area contributed by atoms with Crippen molar-refractivity contribution in [2.24, 2.45) is 0 Å². The molecule has 0 aliphatic carbocycles. The SMILES string of the molecule is COc1cccc(N2CCN(C(=O)C3CC(c4ccc(Cl)cc4)NN3)CC2)c1. The van der Waals surface area contributed by atoms with Crippen LogP contribution in [0.2, 0.25) is 5.02 Å². The van der Waals surface area contributed by atoms with Crippen LogP contribution in [0.1, 0.15) is 18.0 Å². The Kier molecular flexibility index (Phi) is 5.71. The summed E-state index contributed by atoms with van der Waals surface area (Å²) in [6.07, 6.45) is 0.733. The van der Waals surface area contributed by atoms with E-state index in [2.05, 4.69) is 21.8 Å². The van der Waals surface area contributed by atoms with Gasteiger partial charge in [0.05, 0.1) is 7.11 Å². The van der Waals surface area contributed by atoms with Gasteiger partial charge in [-0.2, -0.15) is 0 Å². The van der Waals surface area contributed by atoms with E-state index in [0.717, 1.165) is 54.6 Å². The molecule has 6 nitrogen and oxygen atoms in total. The van der Waals surface area contributed by atoms with Gasteiger partial charge in [0.2, 0.25) is 5.91 Å². The Morgan fingerprint density at radius 3 is 2.54 bits per heavy atom. The third-order valence-electron chi connectivity index (χ3n) is 5.48. The number of hydrogen-bond acceptors (Lipinski definition) is 5. The number of halogens is 1. The van der Waals surface area contributed by atoms with Crippen LogP contribution in [-0.2, 0) is 4.79 Å². The van der Waals surface area contributed by atoms with Crippen molar-refractivity contribution in [2.45, 2.75) is 18.5 Å². The average molecular weight is 401 g/mol. The Balaban J connectivity index is 1.32. The van der Waals surface area contributed by atoms with Gasteiger partial charge >= 0.3 is 0 Å². The predicted molar refractivity (Wildman–Crippen MR) is 111 cm³/mol. The molecule has 2 aromatic carbocycles. The summed E-state index contributed by atoms with van der Waals surface area (Å²) in [4.78, 5) is 17.2. The van der Waals surface area contributed by atoms with Gasteiger partial charge in [-0.1, -0.05) is 29.8 Å².